The van der Waals surface area contributed by atoms with Crippen LogP contribution in [0.15, 0.2) is 30.3 Å². The third-order valence-corrected chi connectivity index (χ3v) is 5.09. The van der Waals surface area contributed by atoms with Crippen LogP contribution in [0.1, 0.15) is 36.7 Å². The monoisotopic (exact) mass is 310 g/mol. The first-order valence-electron chi connectivity index (χ1n) is 8.93. The van der Waals surface area contributed by atoms with Crippen LogP contribution in [0.25, 0.3) is 5.69 Å². The standard InChI is InChI=1S/C19H26N4/c1-2-22-11-10-19-17(14-22)18(13-20-12-15-8-9-15)21-23(19)16-6-4-3-5-7-16/h3-7,15,20H,2,8-14H2,1H3. The van der Waals surface area contributed by atoms with Crippen LogP contribution in [-0.4, -0.2) is 34.3 Å². The van der Waals surface area contributed by atoms with Crippen molar-refractivity contribution >= 4 is 0 Å². The molecule has 0 saturated heterocycles. The summed E-state index contributed by atoms with van der Waals surface area (Å²) in [5.41, 5.74) is 5.28. The van der Waals surface area contributed by atoms with Crippen molar-refractivity contribution < 1.29 is 0 Å². The van der Waals surface area contributed by atoms with Crippen LogP contribution in [0.3, 0.4) is 0 Å². The van der Waals surface area contributed by atoms with E-state index >= 15 is 0 Å². The van der Waals surface area contributed by atoms with E-state index in [-0.39, 0.29) is 0 Å². The molecule has 0 radical (unpaired) electrons. The Bertz CT molecular complexity index is 658. The quantitative estimate of drug-likeness (QED) is 0.890. The van der Waals surface area contributed by atoms with Gasteiger partial charge in [-0.05, 0) is 44.0 Å². The van der Waals surface area contributed by atoms with Gasteiger partial charge in [0.25, 0.3) is 0 Å². The molecule has 4 rings (SSSR count). The van der Waals surface area contributed by atoms with Crippen molar-refractivity contribution in [1.29, 1.82) is 0 Å². The maximum Gasteiger partial charge on any atom is 0.0814 e. The molecule has 1 aliphatic carbocycles. The number of benzene rings is 1. The molecule has 0 unspecified atom stereocenters. The van der Waals surface area contributed by atoms with Gasteiger partial charge in [-0.3, -0.25) is 4.90 Å². The molecule has 0 bridgehead atoms. The minimum Gasteiger partial charge on any atom is -0.311 e. The molecule has 1 aromatic heterocycles. The molecule has 0 atom stereocenters. The van der Waals surface area contributed by atoms with Crippen molar-refractivity contribution in [3.05, 3.63) is 47.3 Å². The Balaban J connectivity index is 1.62. The SMILES string of the molecule is CCN1CCc2c(c(CNCC3CC3)nn2-c2ccccc2)C1. The fourth-order valence-electron chi connectivity index (χ4n) is 3.45. The van der Waals surface area contributed by atoms with Crippen molar-refractivity contribution in [3.63, 3.8) is 0 Å². The molecule has 1 fully saturated rings. The number of fused-ring (bicyclic) bond motifs is 1. The molecule has 23 heavy (non-hydrogen) atoms. The van der Waals surface area contributed by atoms with Gasteiger partial charge >= 0.3 is 0 Å². The maximum absolute atomic E-state index is 4.98. The lowest BCUT2D eigenvalue weighted by Gasteiger charge is -2.26. The van der Waals surface area contributed by atoms with Crippen molar-refractivity contribution in [1.82, 2.24) is 20.0 Å². The molecule has 1 aliphatic heterocycles. The molecule has 0 spiro atoms. The fourth-order valence-corrected chi connectivity index (χ4v) is 3.45. The van der Waals surface area contributed by atoms with Gasteiger partial charge in [0.05, 0.1) is 17.1 Å². The zero-order valence-electron chi connectivity index (χ0n) is 14.0. The second kappa shape index (κ2) is 6.46. The van der Waals surface area contributed by atoms with Crippen LogP contribution in [0.5, 0.6) is 0 Å². The predicted octanol–water partition coefficient (Wildman–Crippen LogP) is 2.75. The van der Waals surface area contributed by atoms with Gasteiger partial charge in [-0.15, -0.1) is 0 Å². The zero-order valence-corrected chi connectivity index (χ0v) is 14.0. The summed E-state index contributed by atoms with van der Waals surface area (Å²) in [5, 5.41) is 8.59. The number of likely N-dealkylation sites (N-methyl/N-ethyl adjacent to an activating group) is 1. The minimum atomic E-state index is 0.899. The number of nitrogens with zero attached hydrogens (tertiary/aromatic N) is 3. The predicted molar refractivity (Wildman–Crippen MR) is 92.6 cm³/mol. The molecule has 2 aromatic rings. The number of hydrogen-bond donors (Lipinski definition) is 1. The third kappa shape index (κ3) is 3.19. The maximum atomic E-state index is 4.98. The van der Waals surface area contributed by atoms with Crippen molar-refractivity contribution in [2.45, 2.75) is 39.3 Å². The van der Waals surface area contributed by atoms with E-state index in [1.54, 1.807) is 0 Å². The van der Waals surface area contributed by atoms with Crippen molar-refractivity contribution in [2.24, 2.45) is 5.92 Å². The van der Waals surface area contributed by atoms with E-state index in [1.165, 1.54) is 35.5 Å². The van der Waals surface area contributed by atoms with Crippen LogP contribution in [0.2, 0.25) is 0 Å². The van der Waals surface area contributed by atoms with E-state index in [0.29, 0.717) is 0 Å². The number of rotatable bonds is 6. The normalized spacial score (nSPS) is 18.1. The Kier molecular flexibility index (Phi) is 4.19. The molecular formula is C19H26N4. The second-order valence-corrected chi connectivity index (χ2v) is 6.81. The zero-order chi connectivity index (χ0) is 15.6. The highest BCUT2D eigenvalue weighted by molar-refractivity contribution is 5.39. The van der Waals surface area contributed by atoms with Gasteiger partial charge in [-0.1, -0.05) is 25.1 Å². The summed E-state index contributed by atoms with van der Waals surface area (Å²) in [6.45, 7) is 7.58. The van der Waals surface area contributed by atoms with E-state index in [4.69, 9.17) is 5.10 Å². The van der Waals surface area contributed by atoms with Crippen LogP contribution >= 0.6 is 0 Å². The number of nitrogens with one attached hydrogen (secondary N) is 1. The van der Waals surface area contributed by atoms with Crippen LogP contribution in [0.4, 0.5) is 0 Å². The fraction of sp³-hybridized carbons (Fsp3) is 0.526. The smallest absolute Gasteiger partial charge is 0.0814 e. The van der Waals surface area contributed by atoms with E-state index < -0.39 is 0 Å². The average molecular weight is 310 g/mol. The number of para-hydroxylation sites is 1. The Morgan fingerprint density at radius 1 is 1.22 bits per heavy atom. The Hall–Kier alpha value is -1.65. The van der Waals surface area contributed by atoms with E-state index in [9.17, 15) is 0 Å². The van der Waals surface area contributed by atoms with E-state index in [0.717, 1.165) is 45.1 Å². The van der Waals surface area contributed by atoms with Crippen LogP contribution in [-0.2, 0) is 19.5 Å². The largest absolute Gasteiger partial charge is 0.311 e. The molecule has 0 amide bonds. The molecule has 2 heterocycles. The highest BCUT2D eigenvalue weighted by Gasteiger charge is 2.25. The summed E-state index contributed by atoms with van der Waals surface area (Å²) in [6.07, 6.45) is 3.88. The summed E-state index contributed by atoms with van der Waals surface area (Å²) in [6, 6.07) is 10.6. The van der Waals surface area contributed by atoms with Gasteiger partial charge < -0.3 is 5.32 Å². The highest BCUT2D eigenvalue weighted by Crippen LogP contribution is 2.28. The first-order chi connectivity index (χ1) is 11.3. The van der Waals surface area contributed by atoms with Gasteiger partial charge in [0.2, 0.25) is 0 Å². The molecule has 4 heteroatoms. The Morgan fingerprint density at radius 2 is 2.04 bits per heavy atom. The number of hydrogen-bond acceptors (Lipinski definition) is 3. The Labute approximate surface area is 138 Å². The summed E-state index contributed by atoms with van der Waals surface area (Å²) in [4.78, 5) is 2.52. The van der Waals surface area contributed by atoms with Gasteiger partial charge in [0.15, 0.2) is 0 Å². The first-order valence-corrected chi connectivity index (χ1v) is 8.93. The van der Waals surface area contributed by atoms with Crippen molar-refractivity contribution in [2.75, 3.05) is 19.6 Å². The van der Waals surface area contributed by atoms with Gasteiger partial charge in [0.1, 0.15) is 0 Å². The molecular weight excluding hydrogens is 284 g/mol. The first kappa shape index (κ1) is 14.9. The molecule has 4 nitrogen and oxygen atoms in total. The lowest BCUT2D eigenvalue weighted by atomic mass is 10.0. The minimum absolute atomic E-state index is 0.899. The lowest BCUT2D eigenvalue weighted by Crippen LogP contribution is -2.31. The highest BCUT2D eigenvalue weighted by atomic mass is 15.3. The summed E-state index contributed by atoms with van der Waals surface area (Å²) in [5.74, 6) is 0.911. The summed E-state index contributed by atoms with van der Waals surface area (Å²) < 4.78 is 2.18. The lowest BCUT2D eigenvalue weighted by molar-refractivity contribution is 0.265. The molecule has 1 aromatic carbocycles. The third-order valence-electron chi connectivity index (χ3n) is 5.09. The summed E-state index contributed by atoms with van der Waals surface area (Å²) >= 11 is 0. The molecule has 2 aliphatic rings. The van der Waals surface area contributed by atoms with Gasteiger partial charge in [-0.25, -0.2) is 4.68 Å². The van der Waals surface area contributed by atoms with E-state index in [1.807, 2.05) is 0 Å². The topological polar surface area (TPSA) is 33.1 Å². The second-order valence-electron chi connectivity index (χ2n) is 6.81. The van der Waals surface area contributed by atoms with Crippen molar-refractivity contribution in [3.8, 4) is 5.69 Å². The molecule has 1 saturated carbocycles. The average Bonchev–Trinajstić information content (AvgIpc) is 3.36. The van der Waals surface area contributed by atoms with Gasteiger partial charge in [0, 0.05) is 31.6 Å². The molecule has 122 valence electrons. The van der Waals surface area contributed by atoms with Gasteiger partial charge in [-0.2, -0.15) is 5.10 Å². The van der Waals surface area contributed by atoms with E-state index in [2.05, 4.69) is 52.2 Å². The summed E-state index contributed by atoms with van der Waals surface area (Å²) in [7, 11) is 0. The van der Waals surface area contributed by atoms with Crippen LogP contribution < -0.4 is 5.32 Å². The number of aromatic nitrogens is 2. The van der Waals surface area contributed by atoms with Crippen LogP contribution in [0, 0.1) is 5.92 Å². The molecule has 1 N–H and O–H groups in total. The Morgan fingerprint density at radius 3 is 2.78 bits per heavy atom.